The number of aliphatic hydroxyl groups excluding tert-OH is 1. The van der Waals surface area contributed by atoms with Crippen LogP contribution in [0.25, 0.3) is 0 Å². The molecule has 0 radical (unpaired) electrons. The van der Waals surface area contributed by atoms with Gasteiger partial charge in [-0.15, -0.1) is 0 Å². The maximum absolute atomic E-state index is 13.4. The number of aliphatic hydroxyl groups is 1. The molecule has 20 heavy (non-hydrogen) atoms. The van der Waals surface area contributed by atoms with Crippen molar-refractivity contribution < 1.29 is 18.6 Å². The van der Waals surface area contributed by atoms with E-state index in [1.807, 2.05) is 0 Å². The average molecular weight is 299 g/mol. The molecule has 1 unspecified atom stereocenters. The highest BCUT2D eigenvalue weighted by atomic mass is 35.5. The van der Waals surface area contributed by atoms with Gasteiger partial charge in [0.05, 0.1) is 6.10 Å². The number of ether oxygens (including phenoxy) is 1. The highest BCUT2D eigenvalue weighted by Gasteiger charge is 2.13. The van der Waals surface area contributed by atoms with E-state index in [1.54, 1.807) is 24.3 Å². The van der Waals surface area contributed by atoms with Crippen molar-refractivity contribution in [2.75, 3.05) is 6.61 Å². The zero-order valence-corrected chi connectivity index (χ0v) is 11.3. The third-order valence-electron chi connectivity index (χ3n) is 2.74. The Hall–Kier alpha value is -1.65. The number of rotatable bonds is 5. The molecule has 0 aliphatic heterocycles. The van der Waals surface area contributed by atoms with Crippen molar-refractivity contribution in [2.24, 2.45) is 0 Å². The quantitative estimate of drug-likeness (QED) is 0.914. The lowest BCUT2D eigenvalue weighted by atomic mass is 10.1. The van der Waals surface area contributed by atoms with Gasteiger partial charge in [0.1, 0.15) is 12.4 Å². The molecule has 2 nitrogen and oxygen atoms in total. The van der Waals surface area contributed by atoms with Crippen LogP contribution in [0.2, 0.25) is 5.02 Å². The number of hydrogen-bond donors (Lipinski definition) is 1. The Kier molecular flexibility index (Phi) is 4.93. The fourth-order valence-corrected chi connectivity index (χ4v) is 1.87. The van der Waals surface area contributed by atoms with Crippen LogP contribution in [-0.2, 0) is 6.42 Å². The summed E-state index contributed by atoms with van der Waals surface area (Å²) >= 11 is 5.73. The highest BCUT2D eigenvalue weighted by Crippen LogP contribution is 2.17. The standard InChI is InChI=1S/C15H13ClF2O2/c16-11-4-6-13(7-5-11)20-9-12(19)8-10-2-1-3-14(17)15(10)18/h1-7,12,19H,8-9H2. The summed E-state index contributed by atoms with van der Waals surface area (Å²) in [6.45, 7) is -0.0163. The maximum Gasteiger partial charge on any atom is 0.162 e. The SMILES string of the molecule is OC(COc1ccc(Cl)cc1)Cc1cccc(F)c1F. The Balaban J connectivity index is 1.91. The molecule has 0 saturated heterocycles. The van der Waals surface area contributed by atoms with Gasteiger partial charge in [-0.3, -0.25) is 0 Å². The van der Waals surface area contributed by atoms with Gasteiger partial charge in [-0.05, 0) is 35.9 Å². The van der Waals surface area contributed by atoms with Gasteiger partial charge in [0.25, 0.3) is 0 Å². The van der Waals surface area contributed by atoms with Crippen LogP contribution in [-0.4, -0.2) is 17.8 Å². The molecule has 0 aliphatic rings. The molecule has 0 heterocycles. The Bertz CT molecular complexity index is 573. The molecule has 2 aromatic carbocycles. The van der Waals surface area contributed by atoms with Crippen LogP contribution in [0.3, 0.4) is 0 Å². The average Bonchev–Trinajstić information content (AvgIpc) is 2.43. The Labute approximate surface area is 120 Å². The third kappa shape index (κ3) is 3.92. The van der Waals surface area contributed by atoms with Crippen LogP contribution >= 0.6 is 11.6 Å². The van der Waals surface area contributed by atoms with E-state index in [0.717, 1.165) is 6.07 Å². The number of benzene rings is 2. The van der Waals surface area contributed by atoms with Gasteiger partial charge < -0.3 is 9.84 Å². The summed E-state index contributed by atoms with van der Waals surface area (Å²) in [6.07, 6.45) is -0.945. The largest absolute Gasteiger partial charge is 0.491 e. The monoisotopic (exact) mass is 298 g/mol. The molecule has 0 aliphatic carbocycles. The molecule has 2 aromatic rings. The summed E-state index contributed by atoms with van der Waals surface area (Å²) in [6, 6.07) is 10.5. The first-order chi connectivity index (χ1) is 9.56. The van der Waals surface area contributed by atoms with E-state index in [4.69, 9.17) is 16.3 Å². The van der Waals surface area contributed by atoms with E-state index in [0.29, 0.717) is 10.8 Å². The summed E-state index contributed by atoms with van der Waals surface area (Å²) in [5.41, 5.74) is 0.122. The van der Waals surface area contributed by atoms with Crippen molar-refractivity contribution in [3.05, 3.63) is 64.7 Å². The zero-order valence-electron chi connectivity index (χ0n) is 10.5. The maximum atomic E-state index is 13.4. The Morgan fingerprint density at radius 3 is 2.50 bits per heavy atom. The van der Waals surface area contributed by atoms with E-state index >= 15 is 0 Å². The van der Waals surface area contributed by atoms with Crippen molar-refractivity contribution in [1.29, 1.82) is 0 Å². The van der Waals surface area contributed by atoms with Crippen molar-refractivity contribution >= 4 is 11.6 Å². The van der Waals surface area contributed by atoms with Crippen LogP contribution < -0.4 is 4.74 Å². The van der Waals surface area contributed by atoms with Gasteiger partial charge in [0, 0.05) is 11.4 Å². The summed E-state index contributed by atoms with van der Waals surface area (Å²) in [5.74, 6) is -1.31. The molecular weight excluding hydrogens is 286 g/mol. The molecular formula is C15H13ClF2O2. The molecule has 2 rings (SSSR count). The van der Waals surface area contributed by atoms with Gasteiger partial charge >= 0.3 is 0 Å². The lowest BCUT2D eigenvalue weighted by molar-refractivity contribution is 0.107. The first kappa shape index (κ1) is 14.8. The number of hydrogen-bond acceptors (Lipinski definition) is 2. The molecule has 1 N–H and O–H groups in total. The first-order valence-corrected chi connectivity index (χ1v) is 6.43. The van der Waals surface area contributed by atoms with E-state index < -0.39 is 17.7 Å². The summed E-state index contributed by atoms with van der Waals surface area (Å²) in [7, 11) is 0. The molecule has 0 amide bonds. The van der Waals surface area contributed by atoms with Crippen LogP contribution in [0.1, 0.15) is 5.56 Å². The number of halogens is 3. The first-order valence-electron chi connectivity index (χ1n) is 6.05. The lowest BCUT2D eigenvalue weighted by Gasteiger charge is -2.13. The fourth-order valence-electron chi connectivity index (χ4n) is 1.74. The van der Waals surface area contributed by atoms with Crippen molar-refractivity contribution in [3.63, 3.8) is 0 Å². The van der Waals surface area contributed by atoms with Gasteiger partial charge in [-0.1, -0.05) is 23.7 Å². The minimum atomic E-state index is -0.932. The van der Waals surface area contributed by atoms with E-state index in [1.165, 1.54) is 12.1 Å². The molecule has 5 heteroatoms. The molecule has 0 spiro atoms. The second kappa shape index (κ2) is 6.68. The van der Waals surface area contributed by atoms with E-state index in [-0.39, 0.29) is 18.6 Å². The van der Waals surface area contributed by atoms with Crippen LogP contribution in [0.5, 0.6) is 5.75 Å². The molecule has 0 aromatic heterocycles. The molecule has 0 fully saturated rings. The van der Waals surface area contributed by atoms with Crippen LogP contribution in [0.15, 0.2) is 42.5 Å². The van der Waals surface area contributed by atoms with Crippen LogP contribution in [0, 0.1) is 11.6 Å². The minimum absolute atomic E-state index is 0.0163. The Morgan fingerprint density at radius 2 is 1.80 bits per heavy atom. The minimum Gasteiger partial charge on any atom is -0.491 e. The fraction of sp³-hybridized carbons (Fsp3) is 0.200. The van der Waals surface area contributed by atoms with E-state index in [2.05, 4.69) is 0 Å². The molecule has 1 atom stereocenters. The highest BCUT2D eigenvalue weighted by molar-refractivity contribution is 6.30. The van der Waals surface area contributed by atoms with Crippen molar-refractivity contribution in [3.8, 4) is 5.75 Å². The topological polar surface area (TPSA) is 29.5 Å². The van der Waals surface area contributed by atoms with E-state index in [9.17, 15) is 13.9 Å². The molecule has 106 valence electrons. The summed E-state index contributed by atoms with van der Waals surface area (Å²) < 4.78 is 31.8. The van der Waals surface area contributed by atoms with Gasteiger partial charge in [0.2, 0.25) is 0 Å². The zero-order chi connectivity index (χ0) is 14.5. The van der Waals surface area contributed by atoms with Crippen molar-refractivity contribution in [1.82, 2.24) is 0 Å². The van der Waals surface area contributed by atoms with Crippen LogP contribution in [0.4, 0.5) is 8.78 Å². The second-order valence-electron chi connectivity index (χ2n) is 4.34. The second-order valence-corrected chi connectivity index (χ2v) is 4.77. The van der Waals surface area contributed by atoms with Gasteiger partial charge in [0.15, 0.2) is 11.6 Å². The third-order valence-corrected chi connectivity index (χ3v) is 3.00. The lowest BCUT2D eigenvalue weighted by Crippen LogP contribution is -2.21. The van der Waals surface area contributed by atoms with Gasteiger partial charge in [-0.2, -0.15) is 0 Å². The smallest absolute Gasteiger partial charge is 0.162 e. The summed E-state index contributed by atoms with van der Waals surface area (Å²) in [4.78, 5) is 0. The van der Waals surface area contributed by atoms with Crippen molar-refractivity contribution in [2.45, 2.75) is 12.5 Å². The predicted octanol–water partition coefficient (Wildman–Crippen LogP) is 3.60. The Morgan fingerprint density at radius 1 is 1.10 bits per heavy atom. The molecule has 0 saturated carbocycles. The predicted molar refractivity (Wildman–Crippen MR) is 73.0 cm³/mol. The normalized spacial score (nSPS) is 12.2. The summed E-state index contributed by atoms with van der Waals surface area (Å²) in [5, 5.41) is 10.4. The molecule has 0 bridgehead atoms. The van der Waals surface area contributed by atoms with Gasteiger partial charge in [-0.25, -0.2) is 8.78 Å².